The number of thiophene rings is 1. The molecule has 1 aliphatic rings. The van der Waals surface area contributed by atoms with Crippen LogP contribution in [0, 0.1) is 5.92 Å². The summed E-state index contributed by atoms with van der Waals surface area (Å²) in [6, 6.07) is 10.0. The Bertz CT molecular complexity index is 898. The molecule has 2 heterocycles. The number of rotatable bonds is 4. The Balaban J connectivity index is 1.85. The summed E-state index contributed by atoms with van der Waals surface area (Å²) in [6.07, 6.45) is 5.77. The van der Waals surface area contributed by atoms with E-state index < -0.39 is 5.97 Å². The minimum Gasteiger partial charge on any atom is -0.478 e. The molecule has 4 rings (SSSR count). The highest BCUT2D eigenvalue weighted by molar-refractivity contribution is 7.09. The maximum atomic E-state index is 11.3. The van der Waals surface area contributed by atoms with Crippen LogP contribution < -0.4 is 0 Å². The number of hydrogen-bond acceptors (Lipinski definition) is 3. The summed E-state index contributed by atoms with van der Waals surface area (Å²) in [5.74, 6) is 0.772. The molecule has 0 spiro atoms. The van der Waals surface area contributed by atoms with E-state index in [4.69, 9.17) is 4.98 Å². The predicted molar refractivity (Wildman–Crippen MR) is 100 cm³/mol. The van der Waals surface area contributed by atoms with Crippen molar-refractivity contribution in [3.05, 3.63) is 52.0 Å². The fourth-order valence-corrected chi connectivity index (χ4v) is 4.73. The van der Waals surface area contributed by atoms with Gasteiger partial charge in [0.25, 0.3) is 0 Å². The summed E-state index contributed by atoms with van der Waals surface area (Å²) in [5.41, 5.74) is 2.16. The third-order valence-electron chi connectivity index (χ3n) is 5.32. The lowest BCUT2D eigenvalue weighted by atomic mass is 9.85. The lowest BCUT2D eigenvalue weighted by Gasteiger charge is -2.31. The minimum absolute atomic E-state index is 0.302. The first-order valence-electron chi connectivity index (χ1n) is 8.90. The molecule has 1 unspecified atom stereocenters. The highest BCUT2D eigenvalue weighted by Gasteiger charge is 2.27. The van der Waals surface area contributed by atoms with E-state index >= 15 is 0 Å². The van der Waals surface area contributed by atoms with E-state index in [-0.39, 0.29) is 0 Å². The molecular weight excluding hydrogens is 332 g/mol. The Labute approximate surface area is 151 Å². The van der Waals surface area contributed by atoms with Gasteiger partial charge >= 0.3 is 5.97 Å². The topological polar surface area (TPSA) is 55.1 Å². The Kier molecular flexibility index (Phi) is 4.34. The molecule has 0 amide bonds. The zero-order valence-electron chi connectivity index (χ0n) is 14.3. The molecule has 2 atom stereocenters. The molecule has 1 fully saturated rings. The maximum absolute atomic E-state index is 11.3. The molecular formula is C20H22N2O2S. The number of aromatic nitrogens is 2. The lowest BCUT2D eigenvalue weighted by molar-refractivity contribution is 0.0697. The quantitative estimate of drug-likeness (QED) is 0.706. The van der Waals surface area contributed by atoms with Gasteiger partial charge in [-0.1, -0.05) is 25.8 Å². The first-order chi connectivity index (χ1) is 12.1. The molecule has 0 saturated heterocycles. The van der Waals surface area contributed by atoms with Gasteiger partial charge in [0, 0.05) is 17.3 Å². The standard InChI is InChI=1S/C20H22N2O2S/c1-13-5-2-3-7-17(13)22-18-9-8-14(20(23)24)11-16(18)21-19(22)12-15-6-4-10-25-15/h4,6,8-11,13,17H,2-3,5,7,12H2,1H3,(H,23,24)/t13-,17?/m1/s1. The van der Waals surface area contributed by atoms with Gasteiger partial charge in [-0.25, -0.2) is 9.78 Å². The minimum atomic E-state index is -0.901. The van der Waals surface area contributed by atoms with Crippen LogP contribution in [0.1, 0.15) is 59.7 Å². The number of benzene rings is 1. The fourth-order valence-electron chi connectivity index (χ4n) is 4.03. The van der Waals surface area contributed by atoms with Crippen LogP contribution in [0.4, 0.5) is 0 Å². The molecule has 0 radical (unpaired) electrons. The highest BCUT2D eigenvalue weighted by Crippen LogP contribution is 2.37. The zero-order valence-corrected chi connectivity index (χ0v) is 15.1. The van der Waals surface area contributed by atoms with Crippen LogP contribution in [0.5, 0.6) is 0 Å². The molecule has 4 nitrogen and oxygen atoms in total. The number of nitrogens with zero attached hydrogens (tertiary/aromatic N) is 2. The van der Waals surface area contributed by atoms with E-state index in [9.17, 15) is 9.90 Å². The van der Waals surface area contributed by atoms with Crippen molar-refractivity contribution >= 4 is 28.3 Å². The van der Waals surface area contributed by atoms with Crippen molar-refractivity contribution in [2.75, 3.05) is 0 Å². The van der Waals surface area contributed by atoms with Gasteiger partial charge in [0.15, 0.2) is 0 Å². The van der Waals surface area contributed by atoms with Gasteiger partial charge in [-0.3, -0.25) is 0 Å². The predicted octanol–water partition coefficient (Wildman–Crippen LogP) is 5.14. The number of hydrogen-bond donors (Lipinski definition) is 1. The Morgan fingerprint density at radius 1 is 1.32 bits per heavy atom. The number of imidazole rings is 1. The van der Waals surface area contributed by atoms with Crippen molar-refractivity contribution in [3.63, 3.8) is 0 Å². The van der Waals surface area contributed by atoms with Crippen LogP contribution in [-0.2, 0) is 6.42 Å². The second-order valence-electron chi connectivity index (χ2n) is 6.99. The van der Waals surface area contributed by atoms with Crippen molar-refractivity contribution in [2.24, 2.45) is 5.92 Å². The average Bonchev–Trinajstić information content (AvgIpc) is 3.22. The molecule has 1 aliphatic carbocycles. The molecule has 1 saturated carbocycles. The summed E-state index contributed by atoms with van der Waals surface area (Å²) in [4.78, 5) is 17.5. The van der Waals surface area contributed by atoms with Gasteiger partial charge < -0.3 is 9.67 Å². The monoisotopic (exact) mass is 354 g/mol. The number of fused-ring (bicyclic) bond motifs is 1. The van der Waals surface area contributed by atoms with Crippen molar-refractivity contribution < 1.29 is 9.90 Å². The average molecular weight is 354 g/mol. The molecule has 5 heteroatoms. The highest BCUT2D eigenvalue weighted by atomic mass is 32.1. The molecule has 130 valence electrons. The van der Waals surface area contributed by atoms with Crippen molar-refractivity contribution in [2.45, 2.75) is 45.1 Å². The third-order valence-corrected chi connectivity index (χ3v) is 6.20. The maximum Gasteiger partial charge on any atom is 0.335 e. The molecule has 3 aromatic rings. The van der Waals surface area contributed by atoms with Crippen LogP contribution in [0.2, 0.25) is 0 Å². The smallest absolute Gasteiger partial charge is 0.335 e. The van der Waals surface area contributed by atoms with Crippen LogP contribution in [-0.4, -0.2) is 20.6 Å². The Hall–Kier alpha value is -2.14. The van der Waals surface area contributed by atoms with Gasteiger partial charge in [0.1, 0.15) is 5.82 Å². The van der Waals surface area contributed by atoms with Crippen molar-refractivity contribution in [1.29, 1.82) is 0 Å². The first kappa shape index (κ1) is 16.3. The van der Waals surface area contributed by atoms with Crippen molar-refractivity contribution in [3.8, 4) is 0 Å². The van der Waals surface area contributed by atoms with E-state index in [2.05, 4.69) is 29.0 Å². The summed E-state index contributed by atoms with van der Waals surface area (Å²) in [6.45, 7) is 2.33. The van der Waals surface area contributed by atoms with Gasteiger partial charge in [0.2, 0.25) is 0 Å². The Morgan fingerprint density at radius 3 is 2.88 bits per heavy atom. The molecule has 1 aromatic carbocycles. The molecule has 0 aliphatic heterocycles. The van der Waals surface area contributed by atoms with Gasteiger partial charge in [-0.15, -0.1) is 11.3 Å². The summed E-state index contributed by atoms with van der Waals surface area (Å²) in [7, 11) is 0. The lowest BCUT2D eigenvalue weighted by Crippen LogP contribution is -2.22. The largest absolute Gasteiger partial charge is 0.478 e. The van der Waals surface area contributed by atoms with E-state index in [1.165, 1.54) is 30.6 Å². The third kappa shape index (κ3) is 3.09. The molecule has 0 bridgehead atoms. The molecule has 2 aromatic heterocycles. The molecule has 25 heavy (non-hydrogen) atoms. The van der Waals surface area contributed by atoms with E-state index in [1.54, 1.807) is 23.5 Å². The number of aromatic carboxylic acids is 1. The van der Waals surface area contributed by atoms with E-state index in [1.807, 2.05) is 6.07 Å². The fraction of sp³-hybridized carbons (Fsp3) is 0.400. The normalized spacial score (nSPS) is 20.8. The van der Waals surface area contributed by atoms with E-state index in [0.29, 0.717) is 17.5 Å². The summed E-state index contributed by atoms with van der Waals surface area (Å²) >= 11 is 1.74. The van der Waals surface area contributed by atoms with Gasteiger partial charge in [-0.05, 0) is 48.4 Å². The first-order valence-corrected chi connectivity index (χ1v) is 9.78. The zero-order chi connectivity index (χ0) is 17.4. The molecule has 1 N–H and O–H groups in total. The summed E-state index contributed by atoms with van der Waals surface area (Å²) in [5, 5.41) is 11.4. The SMILES string of the molecule is C[C@@H]1CCCCC1n1c(Cc2cccs2)nc2cc(C(=O)O)ccc21. The van der Waals surface area contributed by atoms with Crippen LogP contribution >= 0.6 is 11.3 Å². The second kappa shape index (κ2) is 6.64. The number of carbonyl (C=O) groups is 1. The number of carboxylic acids is 1. The van der Waals surface area contributed by atoms with Gasteiger partial charge in [0.05, 0.1) is 16.6 Å². The van der Waals surface area contributed by atoms with Crippen LogP contribution in [0.25, 0.3) is 11.0 Å². The van der Waals surface area contributed by atoms with E-state index in [0.717, 1.165) is 23.3 Å². The number of carboxylic acid groups (broad SMARTS) is 1. The van der Waals surface area contributed by atoms with Crippen molar-refractivity contribution in [1.82, 2.24) is 9.55 Å². The Morgan fingerprint density at radius 2 is 2.16 bits per heavy atom. The van der Waals surface area contributed by atoms with Gasteiger partial charge in [-0.2, -0.15) is 0 Å². The van der Waals surface area contributed by atoms with Crippen LogP contribution in [0.15, 0.2) is 35.7 Å². The summed E-state index contributed by atoms with van der Waals surface area (Å²) < 4.78 is 2.39. The second-order valence-corrected chi connectivity index (χ2v) is 8.02. The van der Waals surface area contributed by atoms with Crippen LogP contribution in [0.3, 0.4) is 0 Å².